The van der Waals surface area contributed by atoms with E-state index in [9.17, 15) is 9.90 Å². The molecular weight excluding hydrogens is 318 g/mol. The molecule has 1 aliphatic heterocycles. The minimum Gasteiger partial charge on any atom is -0.391 e. The van der Waals surface area contributed by atoms with Crippen LogP contribution in [0.5, 0.6) is 0 Å². The topological polar surface area (TPSA) is 40.5 Å². The molecule has 3 nitrogen and oxygen atoms in total. The smallest absolute Gasteiger partial charge is 0.233 e. The maximum Gasteiger partial charge on any atom is 0.233 e. The predicted molar refractivity (Wildman–Crippen MR) is 81.5 cm³/mol. The molecule has 1 aliphatic carbocycles. The number of aliphatic hydroxyl groups excluding tert-OH is 1. The molecule has 1 heterocycles. The number of halogens is 1. The molecule has 0 unspecified atom stereocenters. The van der Waals surface area contributed by atoms with Gasteiger partial charge in [0.25, 0.3) is 0 Å². The maximum absolute atomic E-state index is 13.0. The molecule has 0 radical (unpaired) electrons. The summed E-state index contributed by atoms with van der Waals surface area (Å²) in [5.74, 6) is 0.213. The zero-order valence-electron chi connectivity index (χ0n) is 11.5. The number of rotatable bonds is 2. The fourth-order valence-corrected chi connectivity index (χ4v) is 4.02. The minimum atomic E-state index is -0.367. The summed E-state index contributed by atoms with van der Waals surface area (Å²) in [6.45, 7) is 1.18. The molecule has 1 amide bonds. The summed E-state index contributed by atoms with van der Waals surface area (Å²) in [5.41, 5.74) is 0.754. The van der Waals surface area contributed by atoms with E-state index < -0.39 is 0 Å². The fraction of sp³-hybridized carbons (Fsp3) is 0.562. The Kier molecular flexibility index (Phi) is 3.87. The van der Waals surface area contributed by atoms with Crippen LogP contribution >= 0.6 is 15.9 Å². The lowest BCUT2D eigenvalue weighted by molar-refractivity contribution is -0.136. The quantitative estimate of drug-likeness (QED) is 0.901. The number of hydrogen-bond donors (Lipinski definition) is 1. The Morgan fingerprint density at radius 1 is 1.35 bits per heavy atom. The maximum atomic E-state index is 13.0. The summed E-state index contributed by atoms with van der Waals surface area (Å²) in [6.07, 6.45) is 4.42. The molecule has 20 heavy (non-hydrogen) atoms. The van der Waals surface area contributed by atoms with Crippen LogP contribution in [-0.4, -0.2) is 35.1 Å². The van der Waals surface area contributed by atoms with E-state index >= 15 is 0 Å². The largest absolute Gasteiger partial charge is 0.391 e. The molecule has 4 heteroatoms. The normalized spacial score (nSPS) is 25.1. The van der Waals surface area contributed by atoms with Crippen molar-refractivity contribution in [3.63, 3.8) is 0 Å². The molecule has 1 saturated carbocycles. The van der Waals surface area contributed by atoms with Gasteiger partial charge in [-0.15, -0.1) is 0 Å². The van der Waals surface area contributed by atoms with E-state index in [0.29, 0.717) is 19.5 Å². The summed E-state index contributed by atoms with van der Waals surface area (Å²) >= 11 is 3.51. The number of aliphatic hydroxyl groups is 1. The van der Waals surface area contributed by atoms with Gasteiger partial charge in [-0.2, -0.15) is 0 Å². The highest BCUT2D eigenvalue weighted by molar-refractivity contribution is 9.10. The van der Waals surface area contributed by atoms with Gasteiger partial charge in [0.05, 0.1) is 11.5 Å². The number of hydrogen-bond acceptors (Lipinski definition) is 2. The molecule has 1 N–H and O–H groups in total. The lowest BCUT2D eigenvalue weighted by Crippen LogP contribution is -2.44. The van der Waals surface area contributed by atoms with Crippen LogP contribution in [0.1, 0.15) is 37.7 Å². The van der Waals surface area contributed by atoms with E-state index in [-0.39, 0.29) is 17.4 Å². The van der Waals surface area contributed by atoms with Crippen molar-refractivity contribution in [1.82, 2.24) is 4.90 Å². The van der Waals surface area contributed by atoms with E-state index in [1.165, 1.54) is 0 Å². The van der Waals surface area contributed by atoms with Crippen LogP contribution in [0.3, 0.4) is 0 Å². The van der Waals surface area contributed by atoms with Gasteiger partial charge in [0.1, 0.15) is 0 Å². The van der Waals surface area contributed by atoms with Crippen molar-refractivity contribution in [2.24, 2.45) is 0 Å². The van der Waals surface area contributed by atoms with Crippen LogP contribution in [0, 0.1) is 0 Å². The molecule has 0 bridgehead atoms. The Morgan fingerprint density at radius 2 is 2.10 bits per heavy atom. The van der Waals surface area contributed by atoms with Crippen LogP contribution in [0.25, 0.3) is 0 Å². The van der Waals surface area contributed by atoms with Crippen LogP contribution in [0.15, 0.2) is 28.7 Å². The third kappa shape index (κ3) is 2.40. The van der Waals surface area contributed by atoms with Crippen molar-refractivity contribution in [3.8, 4) is 0 Å². The van der Waals surface area contributed by atoms with Crippen LogP contribution in [-0.2, 0) is 10.2 Å². The Hall–Kier alpha value is -0.870. The van der Waals surface area contributed by atoms with Gasteiger partial charge in [0, 0.05) is 17.6 Å². The molecule has 0 aromatic heterocycles. The van der Waals surface area contributed by atoms with Crippen molar-refractivity contribution >= 4 is 21.8 Å². The van der Waals surface area contributed by atoms with Crippen molar-refractivity contribution in [1.29, 1.82) is 0 Å². The van der Waals surface area contributed by atoms with Crippen molar-refractivity contribution in [2.75, 3.05) is 13.1 Å². The second-order valence-corrected chi connectivity index (χ2v) is 6.91. The Morgan fingerprint density at radius 3 is 2.70 bits per heavy atom. The zero-order chi connectivity index (χ0) is 14.2. The first kappa shape index (κ1) is 14.1. The third-order valence-corrected chi connectivity index (χ3v) is 5.19. The van der Waals surface area contributed by atoms with Crippen LogP contribution in [0.4, 0.5) is 0 Å². The lowest BCUT2D eigenvalue weighted by Gasteiger charge is -2.33. The summed E-state index contributed by atoms with van der Waals surface area (Å²) in [7, 11) is 0. The van der Waals surface area contributed by atoms with Gasteiger partial charge in [-0.05, 0) is 37.0 Å². The number of nitrogens with zero attached hydrogens (tertiary/aromatic N) is 1. The first-order valence-corrected chi connectivity index (χ1v) is 8.15. The SMILES string of the molecule is O=C(N1CC[C@H](O)C1)C1(c2cccc(Br)c2)CCCC1. The van der Waals surface area contributed by atoms with Crippen molar-refractivity contribution in [3.05, 3.63) is 34.3 Å². The van der Waals surface area contributed by atoms with Gasteiger partial charge in [0.15, 0.2) is 0 Å². The van der Waals surface area contributed by atoms with E-state index in [4.69, 9.17) is 0 Å². The highest BCUT2D eigenvalue weighted by atomic mass is 79.9. The predicted octanol–water partition coefficient (Wildman–Crippen LogP) is 2.85. The summed E-state index contributed by atoms with van der Waals surface area (Å²) in [4.78, 5) is 14.9. The van der Waals surface area contributed by atoms with E-state index in [2.05, 4.69) is 28.1 Å². The Balaban J connectivity index is 1.93. The van der Waals surface area contributed by atoms with Gasteiger partial charge < -0.3 is 10.0 Å². The van der Waals surface area contributed by atoms with Gasteiger partial charge >= 0.3 is 0 Å². The molecule has 2 fully saturated rings. The molecule has 1 atom stereocenters. The number of carbonyl (C=O) groups excluding carboxylic acids is 1. The first-order chi connectivity index (χ1) is 9.62. The molecule has 1 aromatic rings. The number of benzene rings is 1. The summed E-state index contributed by atoms with van der Waals surface area (Å²) in [5, 5.41) is 9.69. The fourth-order valence-electron chi connectivity index (χ4n) is 3.62. The second kappa shape index (κ2) is 5.49. The third-order valence-electron chi connectivity index (χ3n) is 4.69. The minimum absolute atomic E-state index is 0.213. The molecule has 1 saturated heterocycles. The molecule has 0 spiro atoms. The van der Waals surface area contributed by atoms with Gasteiger partial charge in [0.2, 0.25) is 5.91 Å². The van der Waals surface area contributed by atoms with Gasteiger partial charge in [-0.25, -0.2) is 0 Å². The number of likely N-dealkylation sites (tertiary alicyclic amines) is 1. The molecule has 3 rings (SSSR count). The van der Waals surface area contributed by atoms with Gasteiger partial charge in [-0.1, -0.05) is 40.9 Å². The highest BCUT2D eigenvalue weighted by Gasteiger charge is 2.46. The number of amides is 1. The summed E-state index contributed by atoms with van der Waals surface area (Å²) < 4.78 is 1.02. The molecule has 108 valence electrons. The van der Waals surface area contributed by atoms with Crippen molar-refractivity contribution < 1.29 is 9.90 Å². The average molecular weight is 338 g/mol. The molecule has 2 aliphatic rings. The molecule has 1 aromatic carbocycles. The standard InChI is InChI=1S/C16H20BrNO2/c17-13-5-3-4-12(10-13)16(7-1-2-8-16)15(20)18-9-6-14(19)11-18/h3-5,10,14,19H,1-2,6-9,11H2/t14-/m0/s1. The highest BCUT2D eigenvalue weighted by Crippen LogP contribution is 2.43. The lowest BCUT2D eigenvalue weighted by atomic mass is 9.77. The number of carbonyl (C=O) groups is 1. The summed E-state index contributed by atoms with van der Waals surface area (Å²) in [6, 6.07) is 8.15. The van der Waals surface area contributed by atoms with Crippen LogP contribution in [0.2, 0.25) is 0 Å². The Labute approximate surface area is 128 Å². The van der Waals surface area contributed by atoms with Gasteiger partial charge in [-0.3, -0.25) is 4.79 Å². The average Bonchev–Trinajstić information content (AvgIpc) is 3.07. The zero-order valence-corrected chi connectivity index (χ0v) is 13.1. The monoisotopic (exact) mass is 337 g/mol. The van der Waals surface area contributed by atoms with Crippen molar-refractivity contribution in [2.45, 2.75) is 43.6 Å². The van der Waals surface area contributed by atoms with E-state index in [1.807, 2.05) is 17.0 Å². The molecular formula is C16H20BrNO2. The van der Waals surface area contributed by atoms with E-state index in [0.717, 1.165) is 35.7 Å². The van der Waals surface area contributed by atoms with Crippen LogP contribution < -0.4 is 0 Å². The second-order valence-electron chi connectivity index (χ2n) is 5.99. The number of β-amino-alcohol motifs (C(OH)–C–C–N with tert-alkyl or cyclic N) is 1. The first-order valence-electron chi connectivity index (χ1n) is 7.35. The van der Waals surface area contributed by atoms with E-state index in [1.54, 1.807) is 0 Å². The Bertz CT molecular complexity index is 511.